The molecule has 15 heteroatoms. The van der Waals surface area contributed by atoms with E-state index >= 15 is 0 Å². The Morgan fingerprint density at radius 2 is 2.00 bits per heavy atom. The highest BCUT2D eigenvalue weighted by atomic mass is 31.2. The van der Waals surface area contributed by atoms with Crippen molar-refractivity contribution in [3.63, 3.8) is 0 Å². The van der Waals surface area contributed by atoms with E-state index in [2.05, 4.69) is 19.5 Å². The highest BCUT2D eigenvalue weighted by molar-refractivity contribution is 7.46. The van der Waals surface area contributed by atoms with Crippen LogP contribution in [0.2, 0.25) is 0 Å². The first-order valence-electron chi connectivity index (χ1n) is 6.67. The molecule has 0 radical (unpaired) electrons. The number of amides is 1. The molecule has 3 aliphatic rings. The van der Waals surface area contributed by atoms with E-state index in [1.54, 1.807) is 0 Å². The van der Waals surface area contributed by atoms with Gasteiger partial charge in [0.2, 0.25) is 5.96 Å². The van der Waals surface area contributed by atoms with Gasteiger partial charge in [-0.05, 0) is 0 Å². The number of carbonyl (C=O) groups is 1. The second-order valence-electron chi connectivity index (χ2n) is 5.19. The van der Waals surface area contributed by atoms with Crippen LogP contribution in [0.1, 0.15) is 0 Å². The molecule has 5 atom stereocenters. The first-order chi connectivity index (χ1) is 11.2. The molecule has 0 bridgehead atoms. The van der Waals surface area contributed by atoms with Gasteiger partial charge >= 0.3 is 7.82 Å². The topological polar surface area (TPSA) is 231 Å². The minimum atomic E-state index is -4.76. The number of hydrogen-bond acceptors (Lipinski definition) is 10. The summed E-state index contributed by atoms with van der Waals surface area (Å²) in [4.78, 5) is 41.6. The molecular weight excluding hydrogens is 365 g/mol. The maximum Gasteiger partial charge on any atom is 0.469 e. The largest absolute Gasteiger partial charge is 0.469 e. The number of rotatable bonds is 4. The number of guanidine groups is 1. The lowest BCUT2D eigenvalue weighted by atomic mass is 10.1. The minimum Gasteiger partial charge on any atom is -0.412 e. The number of hydrogen-bond donors (Lipinski definition) is 5. The van der Waals surface area contributed by atoms with Crippen molar-refractivity contribution in [1.29, 1.82) is 0 Å². The third kappa shape index (κ3) is 3.75. The second-order valence-corrected chi connectivity index (χ2v) is 6.42. The normalized spacial score (nSPS) is 34.5. The van der Waals surface area contributed by atoms with Crippen LogP contribution in [0.15, 0.2) is 15.0 Å². The molecule has 0 saturated carbocycles. The molecule has 0 aromatic carbocycles. The summed E-state index contributed by atoms with van der Waals surface area (Å²) in [5.41, 5.74) is 5.43. The predicted octanol–water partition coefficient (Wildman–Crippen LogP) is -4.32. The summed E-state index contributed by atoms with van der Waals surface area (Å²) in [6.07, 6.45) is -4.19. The molecule has 8 N–H and O–H groups in total. The molecule has 1 saturated heterocycles. The van der Waals surface area contributed by atoms with Crippen molar-refractivity contribution in [3.8, 4) is 0 Å². The molecule has 3 aliphatic heterocycles. The fourth-order valence-electron chi connectivity index (χ4n) is 2.48. The van der Waals surface area contributed by atoms with Crippen molar-refractivity contribution in [2.45, 2.75) is 30.6 Å². The van der Waals surface area contributed by atoms with Crippen LogP contribution in [-0.2, 0) is 18.6 Å². The van der Waals surface area contributed by atoms with Crippen LogP contribution in [-0.4, -0.2) is 91.6 Å². The monoisotopic (exact) mass is 381 g/mol. The van der Waals surface area contributed by atoms with Gasteiger partial charge in [0.25, 0.3) is 5.91 Å². The smallest absolute Gasteiger partial charge is 0.412 e. The summed E-state index contributed by atoms with van der Waals surface area (Å²) in [7, 11) is -4.76. The maximum atomic E-state index is 11.7. The Labute approximate surface area is 139 Å². The Bertz CT molecular complexity index is 690. The van der Waals surface area contributed by atoms with Crippen molar-refractivity contribution >= 4 is 31.9 Å². The first kappa shape index (κ1) is 19.6. The molecule has 25 heavy (non-hydrogen) atoms. The Kier molecular flexibility index (Phi) is 5.36. The average molecular weight is 381 g/mol. The Balaban J connectivity index is 0.00000225. The number of amidine groups is 1. The highest BCUT2D eigenvalue weighted by Gasteiger charge is 2.50. The van der Waals surface area contributed by atoms with E-state index in [1.807, 2.05) is 0 Å². The third-order valence-electron chi connectivity index (χ3n) is 3.56. The maximum absolute atomic E-state index is 11.7. The van der Waals surface area contributed by atoms with E-state index in [4.69, 9.17) is 20.3 Å². The SMILES string of the molecule is NC1=NC(=O)C2N=CN([C@@H]3O[C@H](COP(=O)(O)O)[C@@H](O)[C@H]3O)C2=N1.O. The molecule has 140 valence electrons. The van der Waals surface area contributed by atoms with E-state index in [9.17, 15) is 19.6 Å². The van der Waals surface area contributed by atoms with Gasteiger partial charge in [0.05, 0.1) is 12.9 Å². The molecule has 3 heterocycles. The summed E-state index contributed by atoms with van der Waals surface area (Å²) in [6.45, 7) is -0.650. The average Bonchev–Trinajstić information content (AvgIpc) is 3.00. The molecule has 1 fully saturated rings. The molecule has 1 unspecified atom stereocenters. The van der Waals surface area contributed by atoms with Crippen LogP contribution in [0.3, 0.4) is 0 Å². The summed E-state index contributed by atoms with van der Waals surface area (Å²) < 4.78 is 20.4. The van der Waals surface area contributed by atoms with Crippen molar-refractivity contribution in [2.75, 3.05) is 6.61 Å². The molecule has 1 amide bonds. The van der Waals surface area contributed by atoms with E-state index < -0.39 is 50.9 Å². The van der Waals surface area contributed by atoms with E-state index in [0.29, 0.717) is 0 Å². The lowest BCUT2D eigenvalue weighted by Crippen LogP contribution is -2.49. The van der Waals surface area contributed by atoms with Crippen LogP contribution >= 0.6 is 7.82 Å². The van der Waals surface area contributed by atoms with Crippen molar-refractivity contribution < 1.29 is 44.1 Å². The molecule has 0 aromatic rings. The zero-order chi connectivity index (χ0) is 17.6. The van der Waals surface area contributed by atoms with Crippen LogP contribution in [0.25, 0.3) is 0 Å². The molecule has 0 spiro atoms. The van der Waals surface area contributed by atoms with Gasteiger partial charge in [-0.1, -0.05) is 0 Å². The number of carbonyl (C=O) groups excluding carboxylic acids is 1. The highest BCUT2D eigenvalue weighted by Crippen LogP contribution is 2.37. The Hall–Kier alpha value is -1.77. The number of nitrogens with zero attached hydrogens (tertiary/aromatic N) is 4. The molecule has 3 rings (SSSR count). The third-order valence-corrected chi connectivity index (χ3v) is 4.04. The molecule has 0 aliphatic carbocycles. The number of nitrogens with two attached hydrogens (primary N) is 1. The number of ether oxygens (including phenoxy) is 1. The fraction of sp³-hybridized carbons (Fsp3) is 0.600. The first-order valence-corrected chi connectivity index (χ1v) is 8.20. The molecule has 0 aromatic heterocycles. The molecular formula is C10H16N5O9P. The van der Waals surface area contributed by atoms with Gasteiger partial charge in [0.15, 0.2) is 18.1 Å². The van der Waals surface area contributed by atoms with Gasteiger partial charge < -0.3 is 35.9 Å². The number of phosphoric ester groups is 1. The zero-order valence-corrected chi connectivity index (χ0v) is 13.3. The molecule has 14 nitrogen and oxygen atoms in total. The van der Waals surface area contributed by atoms with Gasteiger partial charge in [0, 0.05) is 0 Å². The van der Waals surface area contributed by atoms with Crippen molar-refractivity contribution in [1.82, 2.24) is 4.90 Å². The number of aliphatic hydroxyl groups is 2. The van der Waals surface area contributed by atoms with Crippen LogP contribution < -0.4 is 5.73 Å². The van der Waals surface area contributed by atoms with Gasteiger partial charge in [-0.25, -0.2) is 4.57 Å². The van der Waals surface area contributed by atoms with Crippen molar-refractivity contribution in [2.24, 2.45) is 20.7 Å². The van der Waals surface area contributed by atoms with E-state index in [0.717, 1.165) is 0 Å². The minimum absolute atomic E-state index is 0. The van der Waals surface area contributed by atoms with Crippen LogP contribution in [0.5, 0.6) is 0 Å². The van der Waals surface area contributed by atoms with Gasteiger partial charge in [-0.2, -0.15) is 9.98 Å². The van der Waals surface area contributed by atoms with Gasteiger partial charge in [-0.3, -0.25) is 19.2 Å². The second kappa shape index (κ2) is 6.86. The number of aliphatic imine (C=N–C) groups is 3. The van der Waals surface area contributed by atoms with E-state index in [-0.39, 0.29) is 17.3 Å². The van der Waals surface area contributed by atoms with E-state index in [1.165, 1.54) is 11.2 Å². The van der Waals surface area contributed by atoms with Crippen LogP contribution in [0.4, 0.5) is 0 Å². The quantitative estimate of drug-likeness (QED) is 0.294. The number of fused-ring (bicyclic) bond motifs is 1. The zero-order valence-electron chi connectivity index (χ0n) is 12.4. The number of phosphoric acid groups is 1. The summed E-state index contributed by atoms with van der Waals surface area (Å²) >= 11 is 0. The fourth-order valence-corrected chi connectivity index (χ4v) is 2.82. The Morgan fingerprint density at radius 3 is 2.64 bits per heavy atom. The van der Waals surface area contributed by atoms with Crippen molar-refractivity contribution in [3.05, 3.63) is 0 Å². The summed E-state index contributed by atoms with van der Waals surface area (Å²) in [5, 5.41) is 20.1. The summed E-state index contributed by atoms with van der Waals surface area (Å²) in [5.74, 6) is -0.845. The van der Waals surface area contributed by atoms with Crippen LogP contribution in [0, 0.1) is 0 Å². The van der Waals surface area contributed by atoms with Gasteiger partial charge in [-0.15, -0.1) is 0 Å². The standard InChI is InChI=1S/C10H14N5O8P.H2O/c11-10-13-7-4(8(18)14-10)12-2-15(7)9-6(17)5(16)3(23-9)1-22-24(19,20)21;/h2-6,9,16-17H,1H2,(H2,11,14,18)(H2,19,20,21);1H2/t3-,4?,5-,6-,9-;/m1./s1. The lowest BCUT2D eigenvalue weighted by Gasteiger charge is -2.27. The summed E-state index contributed by atoms with van der Waals surface area (Å²) in [6, 6.07) is -1.02. The van der Waals surface area contributed by atoms with Gasteiger partial charge in [0.1, 0.15) is 18.3 Å². The number of aliphatic hydroxyl groups excluding tert-OH is 2. The Morgan fingerprint density at radius 1 is 1.32 bits per heavy atom. The predicted molar refractivity (Wildman–Crippen MR) is 80.5 cm³/mol. The lowest BCUT2D eigenvalue weighted by molar-refractivity contribution is -0.117.